The maximum Gasteiger partial charge on any atom is 0.407 e. The van der Waals surface area contributed by atoms with Crippen LogP contribution in [-0.2, 0) is 11.3 Å². The summed E-state index contributed by atoms with van der Waals surface area (Å²) in [4.78, 5) is 16.7. The van der Waals surface area contributed by atoms with Crippen LogP contribution in [0.25, 0.3) is 0 Å². The van der Waals surface area contributed by atoms with E-state index in [-0.39, 0.29) is 35.9 Å². The van der Waals surface area contributed by atoms with Gasteiger partial charge < -0.3 is 20.7 Å². The van der Waals surface area contributed by atoms with Crippen molar-refractivity contribution < 1.29 is 9.53 Å². The summed E-state index contributed by atoms with van der Waals surface area (Å²) >= 11 is 0. The standard InChI is InChI=1S/C21H40N6O2.HI/c1-9-22-19(23-11-10-12-27-17(5)13-16(4)26-27)24-14-18(15(2)3)25-20(28)29-21(6,7)8;/h13,15,18H,9-12,14H2,1-8H3,(H,25,28)(H2,22,23,24);1H. The Morgan fingerprint density at radius 3 is 2.43 bits per heavy atom. The number of halogens is 1. The van der Waals surface area contributed by atoms with Gasteiger partial charge in [-0.25, -0.2) is 4.79 Å². The number of aromatic nitrogens is 2. The summed E-state index contributed by atoms with van der Waals surface area (Å²) in [6.07, 6.45) is 0.533. The highest BCUT2D eigenvalue weighted by Gasteiger charge is 2.21. The van der Waals surface area contributed by atoms with Crippen LogP contribution in [0.5, 0.6) is 0 Å². The first-order valence-corrected chi connectivity index (χ1v) is 10.5. The number of carbonyl (C=O) groups is 1. The molecule has 1 unspecified atom stereocenters. The van der Waals surface area contributed by atoms with Crippen LogP contribution in [0.2, 0.25) is 0 Å². The molecule has 0 saturated heterocycles. The molecular weight excluding hydrogens is 495 g/mol. The maximum atomic E-state index is 12.1. The molecule has 0 aromatic carbocycles. The number of hydrogen-bond acceptors (Lipinski definition) is 4. The summed E-state index contributed by atoms with van der Waals surface area (Å²) in [6.45, 7) is 18.7. The molecule has 174 valence electrons. The lowest BCUT2D eigenvalue weighted by Gasteiger charge is -2.25. The normalized spacial score (nSPS) is 12.9. The largest absolute Gasteiger partial charge is 0.444 e. The van der Waals surface area contributed by atoms with E-state index < -0.39 is 11.7 Å². The Hall–Kier alpha value is -1.52. The predicted octanol–water partition coefficient (Wildman–Crippen LogP) is 3.61. The van der Waals surface area contributed by atoms with Gasteiger partial charge in [-0.05, 0) is 59.9 Å². The lowest BCUT2D eigenvalue weighted by molar-refractivity contribution is 0.0493. The van der Waals surface area contributed by atoms with Gasteiger partial charge in [-0.2, -0.15) is 5.10 Å². The molecule has 1 amide bonds. The van der Waals surface area contributed by atoms with Crippen molar-refractivity contribution >= 4 is 36.0 Å². The quantitative estimate of drug-likeness (QED) is 0.194. The summed E-state index contributed by atoms with van der Waals surface area (Å²) in [5, 5.41) is 14.0. The van der Waals surface area contributed by atoms with E-state index in [1.807, 2.05) is 39.3 Å². The molecule has 0 aliphatic rings. The van der Waals surface area contributed by atoms with Gasteiger partial charge in [0.05, 0.1) is 18.3 Å². The number of rotatable bonds is 9. The SMILES string of the molecule is CCNC(=NCC(NC(=O)OC(C)(C)C)C(C)C)NCCCn1nc(C)cc1C.I. The Morgan fingerprint density at radius 2 is 1.93 bits per heavy atom. The van der Waals surface area contributed by atoms with Gasteiger partial charge in [0, 0.05) is 25.3 Å². The van der Waals surface area contributed by atoms with Crippen molar-refractivity contribution in [2.45, 2.75) is 80.0 Å². The molecule has 1 atom stereocenters. The minimum Gasteiger partial charge on any atom is -0.444 e. The molecule has 3 N–H and O–H groups in total. The molecule has 9 heteroatoms. The van der Waals surface area contributed by atoms with Gasteiger partial charge in [-0.1, -0.05) is 13.8 Å². The van der Waals surface area contributed by atoms with Gasteiger partial charge in [0.15, 0.2) is 5.96 Å². The molecule has 8 nitrogen and oxygen atoms in total. The van der Waals surface area contributed by atoms with Crippen molar-refractivity contribution in [3.05, 3.63) is 17.5 Å². The van der Waals surface area contributed by atoms with Crippen molar-refractivity contribution in [3.63, 3.8) is 0 Å². The summed E-state index contributed by atoms with van der Waals surface area (Å²) in [5.74, 6) is 0.984. The van der Waals surface area contributed by atoms with E-state index in [4.69, 9.17) is 4.74 Å². The minimum absolute atomic E-state index is 0. The lowest BCUT2D eigenvalue weighted by atomic mass is 10.1. The Balaban J connectivity index is 0.00000841. The van der Waals surface area contributed by atoms with Gasteiger partial charge in [0.2, 0.25) is 0 Å². The number of ether oxygens (including phenoxy) is 1. The van der Waals surface area contributed by atoms with E-state index in [0.717, 1.165) is 37.7 Å². The summed E-state index contributed by atoms with van der Waals surface area (Å²) in [7, 11) is 0. The van der Waals surface area contributed by atoms with Crippen LogP contribution in [0.1, 0.15) is 59.4 Å². The Kier molecular flexibility index (Phi) is 13.0. The number of guanidine groups is 1. The van der Waals surface area contributed by atoms with Crippen molar-refractivity contribution in [2.75, 3.05) is 19.6 Å². The molecule has 1 aromatic rings. The molecule has 0 spiro atoms. The third-order valence-electron chi connectivity index (χ3n) is 4.24. The van der Waals surface area contributed by atoms with Gasteiger partial charge in [-0.3, -0.25) is 9.67 Å². The minimum atomic E-state index is -0.517. The van der Waals surface area contributed by atoms with Gasteiger partial charge in [-0.15, -0.1) is 24.0 Å². The van der Waals surface area contributed by atoms with E-state index in [1.165, 1.54) is 5.69 Å². The number of carbonyl (C=O) groups excluding carboxylic acids is 1. The van der Waals surface area contributed by atoms with Gasteiger partial charge in [0.1, 0.15) is 5.60 Å². The molecule has 0 aliphatic heterocycles. The zero-order valence-electron chi connectivity index (χ0n) is 19.8. The first-order valence-electron chi connectivity index (χ1n) is 10.5. The van der Waals surface area contributed by atoms with Gasteiger partial charge >= 0.3 is 6.09 Å². The molecule has 0 saturated carbocycles. The van der Waals surface area contributed by atoms with Crippen LogP contribution in [0, 0.1) is 19.8 Å². The van der Waals surface area contributed by atoms with Crippen LogP contribution >= 0.6 is 24.0 Å². The van der Waals surface area contributed by atoms with Crippen LogP contribution in [0.4, 0.5) is 4.79 Å². The van der Waals surface area contributed by atoms with Crippen LogP contribution < -0.4 is 16.0 Å². The molecule has 0 bridgehead atoms. The number of aryl methyl sites for hydroxylation is 3. The summed E-state index contributed by atoms with van der Waals surface area (Å²) in [5.41, 5.74) is 1.70. The molecule has 1 aromatic heterocycles. The zero-order valence-corrected chi connectivity index (χ0v) is 22.2. The first-order chi connectivity index (χ1) is 13.5. The van der Waals surface area contributed by atoms with Gasteiger partial charge in [0.25, 0.3) is 0 Å². The average Bonchev–Trinajstić information content (AvgIpc) is 2.90. The molecular formula is C21H41IN6O2. The van der Waals surface area contributed by atoms with Crippen LogP contribution in [0.15, 0.2) is 11.1 Å². The number of amides is 1. The first kappa shape index (κ1) is 28.5. The smallest absolute Gasteiger partial charge is 0.407 e. The second kappa shape index (κ2) is 13.7. The fraction of sp³-hybridized carbons (Fsp3) is 0.762. The third kappa shape index (κ3) is 11.6. The average molecular weight is 537 g/mol. The van der Waals surface area contributed by atoms with E-state index in [2.05, 4.69) is 52.9 Å². The number of nitrogens with one attached hydrogen (secondary N) is 3. The molecule has 1 heterocycles. The topological polar surface area (TPSA) is 92.6 Å². The molecule has 0 aliphatic carbocycles. The Bertz CT molecular complexity index is 667. The number of nitrogens with zero attached hydrogens (tertiary/aromatic N) is 3. The number of alkyl carbamates (subject to hydrolysis) is 1. The second-order valence-corrected chi connectivity index (χ2v) is 8.65. The highest BCUT2D eigenvalue weighted by atomic mass is 127. The molecule has 1 rings (SSSR count). The molecule has 0 fully saturated rings. The molecule has 30 heavy (non-hydrogen) atoms. The van der Waals surface area contributed by atoms with E-state index in [1.54, 1.807) is 0 Å². The number of aliphatic imine (C=N–C) groups is 1. The highest BCUT2D eigenvalue weighted by Crippen LogP contribution is 2.09. The zero-order chi connectivity index (χ0) is 22.0. The molecule has 0 radical (unpaired) electrons. The lowest BCUT2D eigenvalue weighted by Crippen LogP contribution is -2.45. The summed E-state index contributed by atoms with van der Waals surface area (Å²) in [6, 6.07) is 1.98. The monoisotopic (exact) mass is 536 g/mol. The van der Waals surface area contributed by atoms with E-state index in [0.29, 0.717) is 6.54 Å². The number of hydrogen-bond donors (Lipinski definition) is 3. The second-order valence-electron chi connectivity index (χ2n) is 8.65. The third-order valence-corrected chi connectivity index (χ3v) is 4.24. The van der Waals surface area contributed by atoms with Crippen LogP contribution in [-0.4, -0.2) is 53.1 Å². The van der Waals surface area contributed by atoms with Crippen LogP contribution in [0.3, 0.4) is 0 Å². The van der Waals surface area contributed by atoms with E-state index >= 15 is 0 Å². The van der Waals surface area contributed by atoms with Crippen molar-refractivity contribution in [1.82, 2.24) is 25.7 Å². The Morgan fingerprint density at radius 1 is 1.27 bits per heavy atom. The van der Waals surface area contributed by atoms with Crippen molar-refractivity contribution in [2.24, 2.45) is 10.9 Å². The fourth-order valence-electron chi connectivity index (χ4n) is 2.75. The fourth-order valence-corrected chi connectivity index (χ4v) is 2.75. The Labute approximate surface area is 199 Å². The predicted molar refractivity (Wildman–Crippen MR) is 134 cm³/mol. The summed E-state index contributed by atoms with van der Waals surface area (Å²) < 4.78 is 7.40. The highest BCUT2D eigenvalue weighted by molar-refractivity contribution is 14.0. The maximum absolute atomic E-state index is 12.1. The van der Waals surface area contributed by atoms with E-state index in [9.17, 15) is 4.79 Å². The van der Waals surface area contributed by atoms with Crippen molar-refractivity contribution in [1.29, 1.82) is 0 Å². The van der Waals surface area contributed by atoms with Crippen molar-refractivity contribution in [3.8, 4) is 0 Å².